The van der Waals surface area contributed by atoms with Gasteiger partial charge in [0.15, 0.2) is 17.2 Å². The monoisotopic (exact) mass is 432 g/mol. The minimum absolute atomic E-state index is 0.0146. The van der Waals surface area contributed by atoms with E-state index in [9.17, 15) is 4.79 Å². The molecule has 6 rings (SSSR count). The molecule has 4 heterocycles. The third-order valence-corrected chi connectivity index (χ3v) is 6.31. The number of rotatable bonds is 3. The molecule has 0 unspecified atom stereocenters. The molecule has 3 aromatic rings. The highest BCUT2D eigenvalue weighted by molar-refractivity contribution is 5.92. The van der Waals surface area contributed by atoms with Crippen LogP contribution in [0.1, 0.15) is 27.8 Å². The van der Waals surface area contributed by atoms with E-state index in [1.807, 2.05) is 52.0 Å². The minimum atomic E-state index is -0.144. The van der Waals surface area contributed by atoms with Crippen LogP contribution in [0.15, 0.2) is 54.6 Å². The molecule has 8 nitrogen and oxygen atoms in total. The Labute approximate surface area is 185 Å². The number of benzene rings is 2. The van der Waals surface area contributed by atoms with Crippen LogP contribution in [0.3, 0.4) is 0 Å². The number of ether oxygens (including phenoxy) is 3. The maximum Gasteiger partial charge on any atom is 0.274 e. The standard InChI is InChI=1S/C24H24N4O4/c29-24(27-10-8-26(9-11-27)18-4-2-1-3-5-18)20-13-19-15-30-23(14-28(19)25-20)17-6-7-21-22(12-17)32-16-31-21/h1-7,12-13,23H,8-11,14-16H2/t23-/m0/s1. The maximum absolute atomic E-state index is 13.1. The summed E-state index contributed by atoms with van der Waals surface area (Å²) >= 11 is 0. The van der Waals surface area contributed by atoms with Crippen molar-refractivity contribution < 1.29 is 19.0 Å². The number of hydrogen-bond donors (Lipinski definition) is 0. The second-order valence-corrected chi connectivity index (χ2v) is 8.23. The Hall–Kier alpha value is -3.52. The van der Waals surface area contributed by atoms with Crippen molar-refractivity contribution in [3.63, 3.8) is 0 Å². The number of carbonyl (C=O) groups excluding carboxylic acids is 1. The van der Waals surface area contributed by atoms with Gasteiger partial charge < -0.3 is 24.0 Å². The van der Waals surface area contributed by atoms with Crippen molar-refractivity contribution in [3.05, 3.63) is 71.5 Å². The Bertz CT molecular complexity index is 1140. The molecule has 0 N–H and O–H groups in total. The lowest BCUT2D eigenvalue weighted by Gasteiger charge is -2.35. The van der Waals surface area contributed by atoms with Crippen LogP contribution in [0.5, 0.6) is 11.5 Å². The second kappa shape index (κ2) is 7.87. The van der Waals surface area contributed by atoms with Crippen molar-refractivity contribution in [2.75, 3.05) is 37.9 Å². The van der Waals surface area contributed by atoms with Gasteiger partial charge in [-0.3, -0.25) is 9.48 Å². The van der Waals surface area contributed by atoms with E-state index in [0.717, 1.165) is 35.8 Å². The summed E-state index contributed by atoms with van der Waals surface area (Å²) in [6, 6.07) is 18.0. The number of hydrogen-bond acceptors (Lipinski definition) is 6. The molecule has 1 atom stereocenters. The Morgan fingerprint density at radius 1 is 0.938 bits per heavy atom. The van der Waals surface area contributed by atoms with Gasteiger partial charge in [0, 0.05) is 31.9 Å². The summed E-state index contributed by atoms with van der Waals surface area (Å²) in [6.45, 7) is 4.24. The molecule has 0 aliphatic carbocycles. The van der Waals surface area contributed by atoms with E-state index in [1.54, 1.807) is 0 Å². The van der Waals surface area contributed by atoms with Gasteiger partial charge in [0.2, 0.25) is 6.79 Å². The SMILES string of the molecule is O=C(c1cc2n(n1)C[C@@H](c1ccc3c(c1)OCO3)OC2)N1CCN(c2ccccc2)CC1. The Morgan fingerprint density at radius 3 is 2.59 bits per heavy atom. The molecule has 1 fully saturated rings. The minimum Gasteiger partial charge on any atom is -0.454 e. The van der Waals surface area contributed by atoms with Crippen LogP contribution in [0.2, 0.25) is 0 Å². The van der Waals surface area contributed by atoms with Crippen molar-refractivity contribution in [1.82, 2.24) is 14.7 Å². The molecule has 0 bridgehead atoms. The number of anilines is 1. The molecule has 3 aliphatic rings. The second-order valence-electron chi connectivity index (χ2n) is 8.23. The number of fused-ring (bicyclic) bond motifs is 2. The highest BCUT2D eigenvalue weighted by atomic mass is 16.7. The van der Waals surface area contributed by atoms with Crippen LogP contribution < -0.4 is 14.4 Å². The topological polar surface area (TPSA) is 69.1 Å². The predicted octanol–water partition coefficient (Wildman–Crippen LogP) is 2.85. The first-order valence-corrected chi connectivity index (χ1v) is 10.9. The summed E-state index contributed by atoms with van der Waals surface area (Å²) in [7, 11) is 0. The lowest BCUT2D eigenvalue weighted by atomic mass is 10.1. The molecule has 164 valence electrons. The summed E-state index contributed by atoms with van der Waals surface area (Å²) in [6.07, 6.45) is -0.144. The van der Waals surface area contributed by atoms with E-state index in [2.05, 4.69) is 22.1 Å². The average molecular weight is 432 g/mol. The molecule has 2 aromatic carbocycles. The third-order valence-electron chi connectivity index (χ3n) is 6.31. The number of aromatic nitrogens is 2. The van der Waals surface area contributed by atoms with Gasteiger partial charge >= 0.3 is 0 Å². The molecule has 32 heavy (non-hydrogen) atoms. The third kappa shape index (κ3) is 3.46. The molecule has 1 saturated heterocycles. The lowest BCUT2D eigenvalue weighted by Crippen LogP contribution is -2.48. The fourth-order valence-electron chi connectivity index (χ4n) is 4.51. The van der Waals surface area contributed by atoms with Crippen LogP contribution in [-0.4, -0.2) is 53.6 Å². The normalized spacial score (nSPS) is 19.7. The zero-order valence-electron chi connectivity index (χ0n) is 17.6. The van der Waals surface area contributed by atoms with Crippen molar-refractivity contribution in [1.29, 1.82) is 0 Å². The van der Waals surface area contributed by atoms with E-state index < -0.39 is 0 Å². The molecule has 0 radical (unpaired) electrons. The fourth-order valence-corrected chi connectivity index (χ4v) is 4.51. The number of carbonyl (C=O) groups is 1. The predicted molar refractivity (Wildman–Crippen MR) is 117 cm³/mol. The first kappa shape index (κ1) is 19.2. The Kier molecular flexibility index (Phi) is 4.72. The number of para-hydroxylation sites is 1. The van der Waals surface area contributed by atoms with Crippen molar-refractivity contribution in [2.24, 2.45) is 0 Å². The van der Waals surface area contributed by atoms with Crippen LogP contribution in [0.25, 0.3) is 0 Å². The molecule has 1 amide bonds. The highest BCUT2D eigenvalue weighted by Gasteiger charge is 2.28. The molecule has 3 aliphatic heterocycles. The first-order valence-electron chi connectivity index (χ1n) is 10.9. The van der Waals surface area contributed by atoms with E-state index in [4.69, 9.17) is 14.2 Å². The van der Waals surface area contributed by atoms with Crippen molar-refractivity contribution in [2.45, 2.75) is 19.3 Å². The molecular weight excluding hydrogens is 408 g/mol. The number of nitrogens with zero attached hydrogens (tertiary/aromatic N) is 4. The summed E-state index contributed by atoms with van der Waals surface area (Å²) in [4.78, 5) is 17.3. The summed E-state index contributed by atoms with van der Waals surface area (Å²) in [5.41, 5.74) is 3.63. The summed E-state index contributed by atoms with van der Waals surface area (Å²) in [5.74, 6) is 1.48. The van der Waals surface area contributed by atoms with Crippen LogP contribution in [-0.2, 0) is 17.9 Å². The highest BCUT2D eigenvalue weighted by Crippen LogP contribution is 2.36. The van der Waals surface area contributed by atoms with Crippen LogP contribution in [0, 0.1) is 0 Å². The largest absolute Gasteiger partial charge is 0.454 e. The molecule has 8 heteroatoms. The Morgan fingerprint density at radius 2 is 1.75 bits per heavy atom. The zero-order chi connectivity index (χ0) is 21.5. The van der Waals surface area contributed by atoms with Gasteiger partial charge in [-0.05, 0) is 35.9 Å². The Balaban J connectivity index is 1.13. The summed E-state index contributed by atoms with van der Waals surface area (Å²) in [5, 5.41) is 4.63. The lowest BCUT2D eigenvalue weighted by molar-refractivity contribution is -0.00130. The van der Waals surface area contributed by atoms with Gasteiger partial charge in [0.05, 0.1) is 18.8 Å². The van der Waals surface area contributed by atoms with Crippen LogP contribution >= 0.6 is 0 Å². The number of piperazine rings is 1. The smallest absolute Gasteiger partial charge is 0.274 e. The fraction of sp³-hybridized carbons (Fsp3) is 0.333. The molecule has 0 saturated carbocycles. The van der Waals surface area contributed by atoms with Gasteiger partial charge in [-0.15, -0.1) is 0 Å². The maximum atomic E-state index is 13.1. The quantitative estimate of drug-likeness (QED) is 0.634. The summed E-state index contributed by atoms with van der Waals surface area (Å²) < 4.78 is 18.8. The van der Waals surface area contributed by atoms with Gasteiger partial charge in [-0.1, -0.05) is 24.3 Å². The van der Waals surface area contributed by atoms with Gasteiger partial charge in [-0.2, -0.15) is 5.10 Å². The van der Waals surface area contributed by atoms with E-state index in [1.165, 1.54) is 5.69 Å². The number of amides is 1. The first-order chi connectivity index (χ1) is 15.7. The van der Waals surface area contributed by atoms with Gasteiger partial charge in [0.1, 0.15) is 6.10 Å². The van der Waals surface area contributed by atoms with Gasteiger partial charge in [0.25, 0.3) is 5.91 Å². The average Bonchev–Trinajstić information content (AvgIpc) is 3.50. The zero-order valence-corrected chi connectivity index (χ0v) is 17.6. The van der Waals surface area contributed by atoms with E-state index in [0.29, 0.717) is 31.9 Å². The van der Waals surface area contributed by atoms with Crippen molar-refractivity contribution in [3.8, 4) is 11.5 Å². The van der Waals surface area contributed by atoms with E-state index >= 15 is 0 Å². The van der Waals surface area contributed by atoms with Gasteiger partial charge in [-0.25, -0.2) is 0 Å². The van der Waals surface area contributed by atoms with E-state index in [-0.39, 0.29) is 18.8 Å². The van der Waals surface area contributed by atoms with Crippen molar-refractivity contribution >= 4 is 11.6 Å². The molecule has 1 aromatic heterocycles. The van der Waals surface area contributed by atoms with Crippen LogP contribution in [0.4, 0.5) is 5.69 Å². The molecule has 0 spiro atoms. The molecular formula is C24H24N4O4.